The van der Waals surface area contributed by atoms with E-state index in [-0.39, 0.29) is 25.8 Å². The first-order valence-electron chi connectivity index (χ1n) is 10.3. The molecule has 0 aromatic carbocycles. The second-order valence-corrected chi connectivity index (χ2v) is 10.0. The van der Waals surface area contributed by atoms with Crippen molar-refractivity contribution < 1.29 is 27.5 Å². The van der Waals surface area contributed by atoms with Crippen LogP contribution in [0.15, 0.2) is 30.5 Å². The van der Waals surface area contributed by atoms with E-state index in [9.17, 15) is 22.4 Å². The third kappa shape index (κ3) is 5.23. The smallest absolute Gasteiger partial charge is 0.409 e. The first kappa shape index (κ1) is 24.4. The highest BCUT2D eigenvalue weighted by molar-refractivity contribution is 7.10. The van der Waals surface area contributed by atoms with Crippen LogP contribution in [-0.2, 0) is 12.0 Å². The topological polar surface area (TPSA) is 65.5 Å². The lowest BCUT2D eigenvalue weighted by molar-refractivity contribution is -0.182. The lowest BCUT2D eigenvalue weighted by atomic mass is 9.74. The fourth-order valence-corrected chi connectivity index (χ4v) is 5.26. The highest BCUT2D eigenvalue weighted by atomic mass is 32.1. The lowest BCUT2D eigenvalue weighted by Gasteiger charge is -2.41. The molecule has 3 heterocycles. The molecule has 32 heavy (non-hydrogen) atoms. The second kappa shape index (κ2) is 8.97. The molecule has 0 unspecified atom stereocenters. The summed E-state index contributed by atoms with van der Waals surface area (Å²) >= 11 is 0.901. The summed E-state index contributed by atoms with van der Waals surface area (Å²) in [6.07, 6.45) is -4.27. The largest absolute Gasteiger partial charge is 0.465 e. The molecule has 1 aliphatic heterocycles. The molecule has 1 amide bonds. The summed E-state index contributed by atoms with van der Waals surface area (Å²) in [5.74, 6) is 0. The normalized spacial score (nSPS) is 21.0. The average molecular weight is 474 g/mol. The Bertz CT molecular complexity index is 945. The van der Waals surface area contributed by atoms with Gasteiger partial charge in [0.1, 0.15) is 6.04 Å². The highest BCUT2D eigenvalue weighted by Gasteiger charge is 2.57. The molecule has 0 spiro atoms. The first-order chi connectivity index (χ1) is 14.8. The van der Waals surface area contributed by atoms with Crippen LogP contribution >= 0.6 is 11.3 Å². The van der Waals surface area contributed by atoms with Crippen LogP contribution in [0.25, 0.3) is 0 Å². The molecule has 1 saturated heterocycles. The zero-order valence-corrected chi connectivity index (χ0v) is 19.0. The van der Waals surface area contributed by atoms with Crippen LogP contribution in [0.5, 0.6) is 0 Å². The Morgan fingerprint density at radius 1 is 1.31 bits per heavy atom. The van der Waals surface area contributed by atoms with Crippen LogP contribution in [0.3, 0.4) is 0 Å². The molecule has 2 aromatic heterocycles. The van der Waals surface area contributed by atoms with Gasteiger partial charge < -0.3 is 10.4 Å². The summed E-state index contributed by atoms with van der Waals surface area (Å²) in [6.45, 7) is 6.13. The number of aryl methyl sites for hydroxylation is 2. The van der Waals surface area contributed by atoms with E-state index >= 15 is 0 Å². The Balaban J connectivity index is 1.93. The number of thiophene rings is 1. The Morgan fingerprint density at radius 2 is 2.03 bits per heavy atom. The molecule has 0 saturated carbocycles. The zero-order chi connectivity index (χ0) is 23.7. The van der Waals surface area contributed by atoms with E-state index in [0.29, 0.717) is 11.4 Å². The van der Waals surface area contributed by atoms with Gasteiger partial charge in [0.2, 0.25) is 0 Å². The van der Waals surface area contributed by atoms with Gasteiger partial charge in [-0.1, -0.05) is 6.07 Å². The van der Waals surface area contributed by atoms with Crippen molar-refractivity contribution in [2.75, 3.05) is 13.1 Å². The van der Waals surface area contributed by atoms with E-state index in [2.05, 4.69) is 4.98 Å². The van der Waals surface area contributed by atoms with Crippen LogP contribution in [0, 0.1) is 17.5 Å². The van der Waals surface area contributed by atoms with E-state index in [1.807, 2.05) is 37.8 Å². The molecular formula is C22H27F4N3O2S. The Hall–Kier alpha value is -2.20. The summed E-state index contributed by atoms with van der Waals surface area (Å²) in [5, 5.41) is 10.5. The molecule has 0 radical (unpaired) electrons. The van der Waals surface area contributed by atoms with Crippen molar-refractivity contribution >= 4 is 17.4 Å². The average Bonchev–Trinajstić information content (AvgIpc) is 3.31. The Kier molecular flexibility index (Phi) is 6.86. The summed E-state index contributed by atoms with van der Waals surface area (Å²) in [5.41, 5.74) is -0.274. The highest BCUT2D eigenvalue weighted by Crippen LogP contribution is 2.47. The van der Waals surface area contributed by atoms with Crippen molar-refractivity contribution in [3.63, 3.8) is 0 Å². The van der Waals surface area contributed by atoms with Crippen LogP contribution < -0.4 is 5.32 Å². The van der Waals surface area contributed by atoms with Crippen LogP contribution in [0.4, 0.5) is 22.4 Å². The van der Waals surface area contributed by atoms with Gasteiger partial charge in [-0.25, -0.2) is 4.79 Å². The number of likely N-dealkylation sites (tertiary alicyclic amines) is 1. The molecule has 10 heteroatoms. The third-order valence-electron chi connectivity index (χ3n) is 6.50. The number of carboxylic acid groups (broad SMARTS) is 1. The van der Waals surface area contributed by atoms with Crippen molar-refractivity contribution in [1.82, 2.24) is 15.2 Å². The van der Waals surface area contributed by atoms with E-state index in [1.165, 1.54) is 6.07 Å². The van der Waals surface area contributed by atoms with Crippen LogP contribution in [0.2, 0.25) is 0 Å². The SMILES string of the molecule is Cc1ccc(C(C)(C)N2CC[C@@](CCc3ccc(F)s3)([C@@H](NC(=O)O)C(F)(F)F)C2)cn1. The molecule has 2 atom stereocenters. The minimum Gasteiger partial charge on any atom is -0.465 e. The molecule has 5 nitrogen and oxygen atoms in total. The number of alkyl halides is 3. The van der Waals surface area contributed by atoms with Gasteiger partial charge in [0, 0.05) is 34.3 Å². The molecule has 1 aliphatic rings. The standard InChI is InChI=1S/C22H27F4N3O2S/c1-14-4-5-15(12-27-14)20(2,3)29-11-10-21(13-29,9-8-16-6-7-17(23)32-16)18(22(24,25)26)28-19(30)31/h4-7,12,18,28H,8-11,13H2,1-3H3,(H,30,31)/t18-,21-/m1/s1. The van der Waals surface area contributed by atoms with Crippen molar-refractivity contribution in [3.05, 3.63) is 51.7 Å². The number of hydrogen-bond acceptors (Lipinski definition) is 4. The van der Waals surface area contributed by atoms with Crippen molar-refractivity contribution in [2.45, 2.75) is 57.8 Å². The van der Waals surface area contributed by atoms with E-state index in [1.54, 1.807) is 17.6 Å². The predicted octanol–water partition coefficient (Wildman–Crippen LogP) is 5.35. The maximum atomic E-state index is 14.1. The van der Waals surface area contributed by atoms with Gasteiger partial charge >= 0.3 is 12.3 Å². The molecule has 2 N–H and O–H groups in total. The van der Waals surface area contributed by atoms with Crippen molar-refractivity contribution in [1.29, 1.82) is 0 Å². The molecule has 176 valence electrons. The number of nitrogens with zero attached hydrogens (tertiary/aromatic N) is 2. The third-order valence-corrected chi connectivity index (χ3v) is 7.43. The quantitative estimate of drug-likeness (QED) is 0.532. The first-order valence-corrected chi connectivity index (χ1v) is 11.1. The Labute approximate surface area is 188 Å². The van der Waals surface area contributed by atoms with Gasteiger partial charge in [0.15, 0.2) is 5.13 Å². The van der Waals surface area contributed by atoms with Crippen LogP contribution in [0.1, 0.15) is 42.8 Å². The van der Waals surface area contributed by atoms with Gasteiger partial charge in [-0.3, -0.25) is 9.88 Å². The minimum absolute atomic E-state index is 0.0478. The summed E-state index contributed by atoms with van der Waals surface area (Å²) in [4.78, 5) is 18.2. The molecule has 3 rings (SSSR count). The summed E-state index contributed by atoms with van der Waals surface area (Å²) in [6, 6.07) is 4.39. The second-order valence-electron chi connectivity index (χ2n) is 8.91. The fourth-order valence-electron chi connectivity index (χ4n) is 4.53. The summed E-state index contributed by atoms with van der Waals surface area (Å²) < 4.78 is 55.7. The molecule has 0 bridgehead atoms. The minimum atomic E-state index is -4.76. The molecule has 1 fully saturated rings. The van der Waals surface area contributed by atoms with Crippen molar-refractivity contribution in [2.24, 2.45) is 5.41 Å². The van der Waals surface area contributed by atoms with E-state index < -0.39 is 34.4 Å². The van der Waals surface area contributed by atoms with Gasteiger partial charge in [-0.15, -0.1) is 11.3 Å². The Morgan fingerprint density at radius 3 is 2.56 bits per heavy atom. The zero-order valence-electron chi connectivity index (χ0n) is 18.2. The van der Waals surface area contributed by atoms with E-state index in [0.717, 1.165) is 22.6 Å². The monoisotopic (exact) mass is 473 g/mol. The number of carbonyl (C=O) groups is 1. The van der Waals surface area contributed by atoms with Gasteiger partial charge in [0.25, 0.3) is 0 Å². The summed E-state index contributed by atoms with van der Waals surface area (Å²) in [7, 11) is 0. The number of rotatable bonds is 7. The lowest BCUT2D eigenvalue weighted by Crippen LogP contribution is -2.57. The maximum absolute atomic E-state index is 14.1. The van der Waals surface area contributed by atoms with Gasteiger partial charge in [0.05, 0.1) is 0 Å². The van der Waals surface area contributed by atoms with Crippen molar-refractivity contribution in [3.8, 4) is 0 Å². The van der Waals surface area contributed by atoms with E-state index in [4.69, 9.17) is 5.11 Å². The predicted molar refractivity (Wildman–Crippen MR) is 114 cm³/mol. The number of halogens is 4. The number of nitrogens with one attached hydrogen (secondary N) is 1. The number of aromatic nitrogens is 1. The number of pyridine rings is 1. The van der Waals surface area contributed by atoms with Gasteiger partial charge in [-0.2, -0.15) is 17.6 Å². The molecular weight excluding hydrogens is 446 g/mol. The molecule has 0 aliphatic carbocycles. The number of hydrogen-bond donors (Lipinski definition) is 2. The fraction of sp³-hybridized carbons (Fsp3) is 0.545. The molecule has 2 aromatic rings. The number of amides is 1. The maximum Gasteiger partial charge on any atom is 0.409 e. The van der Waals surface area contributed by atoms with Gasteiger partial charge in [-0.05, 0) is 70.3 Å². The van der Waals surface area contributed by atoms with Crippen LogP contribution in [-0.4, -0.2) is 46.4 Å².